The van der Waals surface area contributed by atoms with Crippen molar-refractivity contribution >= 4 is 28.5 Å². The van der Waals surface area contributed by atoms with E-state index >= 15 is 0 Å². The highest BCUT2D eigenvalue weighted by atomic mass is 127. The Kier molecular flexibility index (Phi) is 4.30. The summed E-state index contributed by atoms with van der Waals surface area (Å²) >= 11 is 2.28. The largest absolute Gasteiger partial charge is 0.338 e. The summed E-state index contributed by atoms with van der Waals surface area (Å²) in [5, 5.41) is 0. The van der Waals surface area contributed by atoms with Gasteiger partial charge in [0.15, 0.2) is 0 Å². The predicted molar refractivity (Wildman–Crippen MR) is 82.7 cm³/mol. The molecule has 1 atom stereocenters. The minimum atomic E-state index is 0.200. The molecule has 18 heavy (non-hydrogen) atoms. The monoisotopic (exact) mass is 357 g/mol. The summed E-state index contributed by atoms with van der Waals surface area (Å²) in [6.45, 7) is 8.37. The second-order valence-corrected chi connectivity index (χ2v) is 6.56. The van der Waals surface area contributed by atoms with Crippen LogP contribution in [0.4, 0.5) is 0 Å². The van der Waals surface area contributed by atoms with Crippen molar-refractivity contribution < 1.29 is 4.79 Å². The second-order valence-electron chi connectivity index (χ2n) is 5.48. The van der Waals surface area contributed by atoms with E-state index in [0.717, 1.165) is 28.6 Å². The molecule has 0 aliphatic carbocycles. The molecule has 1 aromatic carbocycles. The van der Waals surface area contributed by atoms with Crippen molar-refractivity contribution in [3.8, 4) is 0 Å². The fourth-order valence-electron chi connectivity index (χ4n) is 2.50. The van der Waals surface area contributed by atoms with Crippen LogP contribution in [0.1, 0.15) is 36.2 Å². The van der Waals surface area contributed by atoms with E-state index in [4.69, 9.17) is 0 Å². The molecule has 0 radical (unpaired) electrons. The van der Waals surface area contributed by atoms with E-state index in [0.29, 0.717) is 11.8 Å². The van der Waals surface area contributed by atoms with Gasteiger partial charge in [0.1, 0.15) is 0 Å². The van der Waals surface area contributed by atoms with E-state index < -0.39 is 0 Å². The lowest BCUT2D eigenvalue weighted by Gasteiger charge is -2.19. The standard InChI is InChI=1S/C15H20INO/c1-10(2)12-7-8-17(9-12)15(18)13-6-4-5-11(3)14(13)16/h4-6,10,12H,7-9H2,1-3H3. The predicted octanol–water partition coefficient (Wildman–Crippen LogP) is 3.72. The van der Waals surface area contributed by atoms with Crippen LogP contribution in [0.15, 0.2) is 18.2 Å². The molecule has 3 heteroatoms. The number of aryl methyl sites for hydroxylation is 1. The third kappa shape index (κ3) is 2.71. The van der Waals surface area contributed by atoms with Crippen molar-refractivity contribution in [3.63, 3.8) is 0 Å². The summed E-state index contributed by atoms with van der Waals surface area (Å²) in [5.41, 5.74) is 2.04. The maximum atomic E-state index is 12.5. The number of hydrogen-bond acceptors (Lipinski definition) is 1. The highest BCUT2D eigenvalue weighted by molar-refractivity contribution is 14.1. The van der Waals surface area contributed by atoms with Gasteiger partial charge < -0.3 is 4.90 Å². The fourth-order valence-corrected chi connectivity index (χ4v) is 3.09. The lowest BCUT2D eigenvalue weighted by Crippen LogP contribution is -2.30. The number of halogens is 1. The third-order valence-electron chi connectivity index (χ3n) is 3.88. The molecule has 1 amide bonds. The molecule has 0 N–H and O–H groups in total. The molecular weight excluding hydrogens is 337 g/mol. The SMILES string of the molecule is Cc1cccc(C(=O)N2CCC(C(C)C)C2)c1I. The Hall–Kier alpha value is -0.580. The zero-order valence-corrected chi connectivity index (χ0v) is 13.4. The Morgan fingerprint density at radius 2 is 2.17 bits per heavy atom. The zero-order valence-electron chi connectivity index (χ0n) is 11.2. The van der Waals surface area contributed by atoms with Crippen LogP contribution in [0.25, 0.3) is 0 Å². The molecular formula is C15H20INO. The summed E-state index contributed by atoms with van der Waals surface area (Å²) in [4.78, 5) is 14.5. The number of likely N-dealkylation sites (tertiary alicyclic amines) is 1. The van der Waals surface area contributed by atoms with Crippen LogP contribution < -0.4 is 0 Å². The van der Waals surface area contributed by atoms with E-state index in [1.165, 1.54) is 5.56 Å². The van der Waals surface area contributed by atoms with Gasteiger partial charge in [0.2, 0.25) is 0 Å². The van der Waals surface area contributed by atoms with Crippen LogP contribution in [0.3, 0.4) is 0 Å². The molecule has 1 aromatic rings. The highest BCUT2D eigenvalue weighted by Crippen LogP contribution is 2.26. The van der Waals surface area contributed by atoms with Crippen LogP contribution in [0, 0.1) is 22.3 Å². The number of hydrogen-bond donors (Lipinski definition) is 0. The molecule has 0 bridgehead atoms. The summed E-state index contributed by atoms with van der Waals surface area (Å²) < 4.78 is 1.09. The van der Waals surface area contributed by atoms with Crippen LogP contribution in [0.2, 0.25) is 0 Å². The van der Waals surface area contributed by atoms with Crippen LogP contribution in [-0.2, 0) is 0 Å². The quantitative estimate of drug-likeness (QED) is 0.739. The van der Waals surface area contributed by atoms with Gasteiger partial charge in [-0.05, 0) is 59.4 Å². The Balaban J connectivity index is 2.16. The normalized spacial score (nSPS) is 19.6. The van der Waals surface area contributed by atoms with Crippen LogP contribution >= 0.6 is 22.6 Å². The number of nitrogens with zero attached hydrogens (tertiary/aromatic N) is 1. The van der Waals surface area contributed by atoms with Gasteiger partial charge in [-0.3, -0.25) is 4.79 Å². The van der Waals surface area contributed by atoms with Gasteiger partial charge in [-0.25, -0.2) is 0 Å². The first kappa shape index (κ1) is 13.8. The van der Waals surface area contributed by atoms with Crippen LogP contribution in [0.5, 0.6) is 0 Å². The summed E-state index contributed by atoms with van der Waals surface area (Å²) in [5.74, 6) is 1.53. The minimum absolute atomic E-state index is 0.200. The van der Waals surface area contributed by atoms with Gasteiger partial charge in [-0.1, -0.05) is 26.0 Å². The van der Waals surface area contributed by atoms with E-state index in [1.807, 2.05) is 17.0 Å². The first-order valence-electron chi connectivity index (χ1n) is 6.55. The summed E-state index contributed by atoms with van der Waals surface area (Å²) in [7, 11) is 0. The average Bonchev–Trinajstić information content (AvgIpc) is 2.81. The molecule has 1 unspecified atom stereocenters. The number of benzene rings is 1. The second kappa shape index (κ2) is 5.59. The highest BCUT2D eigenvalue weighted by Gasteiger charge is 2.29. The van der Waals surface area contributed by atoms with E-state index in [2.05, 4.69) is 49.4 Å². The Bertz CT molecular complexity index is 456. The molecule has 1 aliphatic heterocycles. The molecule has 1 fully saturated rings. The van der Waals surface area contributed by atoms with Crippen molar-refractivity contribution in [3.05, 3.63) is 32.9 Å². The van der Waals surface area contributed by atoms with Gasteiger partial charge in [0, 0.05) is 16.7 Å². The maximum Gasteiger partial charge on any atom is 0.254 e. The van der Waals surface area contributed by atoms with E-state index in [1.54, 1.807) is 0 Å². The molecule has 1 heterocycles. The molecule has 1 aliphatic rings. The van der Waals surface area contributed by atoms with Crippen molar-refractivity contribution in [2.24, 2.45) is 11.8 Å². The molecule has 1 saturated heterocycles. The first-order valence-corrected chi connectivity index (χ1v) is 7.63. The first-order chi connectivity index (χ1) is 8.50. The van der Waals surface area contributed by atoms with E-state index in [9.17, 15) is 4.79 Å². The number of amides is 1. The summed E-state index contributed by atoms with van der Waals surface area (Å²) in [6.07, 6.45) is 1.14. The smallest absolute Gasteiger partial charge is 0.254 e. The Labute approximate surface area is 123 Å². The van der Waals surface area contributed by atoms with Gasteiger partial charge in [-0.2, -0.15) is 0 Å². The van der Waals surface area contributed by atoms with E-state index in [-0.39, 0.29) is 5.91 Å². The number of rotatable bonds is 2. The molecule has 0 saturated carbocycles. The van der Waals surface area contributed by atoms with Gasteiger partial charge >= 0.3 is 0 Å². The van der Waals surface area contributed by atoms with Gasteiger partial charge in [0.25, 0.3) is 5.91 Å². The Morgan fingerprint density at radius 3 is 2.78 bits per heavy atom. The molecule has 0 aromatic heterocycles. The van der Waals surface area contributed by atoms with Crippen LogP contribution in [-0.4, -0.2) is 23.9 Å². The number of carbonyl (C=O) groups excluding carboxylic acids is 1. The Morgan fingerprint density at radius 1 is 1.44 bits per heavy atom. The molecule has 98 valence electrons. The zero-order chi connectivity index (χ0) is 13.3. The lowest BCUT2D eigenvalue weighted by atomic mass is 9.95. The molecule has 0 spiro atoms. The third-order valence-corrected chi connectivity index (χ3v) is 5.31. The number of carbonyl (C=O) groups is 1. The molecule has 2 rings (SSSR count). The lowest BCUT2D eigenvalue weighted by molar-refractivity contribution is 0.0783. The van der Waals surface area contributed by atoms with Crippen molar-refractivity contribution in [1.29, 1.82) is 0 Å². The topological polar surface area (TPSA) is 20.3 Å². The van der Waals surface area contributed by atoms with Gasteiger partial charge in [-0.15, -0.1) is 0 Å². The van der Waals surface area contributed by atoms with Crippen molar-refractivity contribution in [1.82, 2.24) is 4.90 Å². The summed E-state index contributed by atoms with van der Waals surface area (Å²) in [6, 6.07) is 5.97. The minimum Gasteiger partial charge on any atom is -0.338 e. The average molecular weight is 357 g/mol. The van der Waals surface area contributed by atoms with Gasteiger partial charge in [0.05, 0.1) is 5.56 Å². The maximum absolute atomic E-state index is 12.5. The van der Waals surface area contributed by atoms with Crippen molar-refractivity contribution in [2.75, 3.05) is 13.1 Å². The van der Waals surface area contributed by atoms with Crippen molar-refractivity contribution in [2.45, 2.75) is 27.2 Å². The fraction of sp³-hybridized carbons (Fsp3) is 0.533. The molecule has 2 nitrogen and oxygen atoms in total.